The third-order valence-electron chi connectivity index (χ3n) is 5.74. The number of carbonyl (C=O) groups is 1. The first-order valence-corrected chi connectivity index (χ1v) is 8.34. The molecule has 1 aromatic carbocycles. The highest BCUT2D eigenvalue weighted by atomic mass is 16.7. The number of fused-ring (bicyclic) bond motifs is 4. The van der Waals surface area contributed by atoms with Gasteiger partial charge in [-0.25, -0.2) is 4.79 Å². The average molecular weight is 331 g/mol. The van der Waals surface area contributed by atoms with Crippen LogP contribution in [0.2, 0.25) is 0 Å². The van der Waals surface area contributed by atoms with E-state index < -0.39 is 24.4 Å². The van der Waals surface area contributed by atoms with E-state index in [1.54, 1.807) is 0 Å². The SMILES string of the molecule is CC1(C)OB(c2cccc3c2O[C@H]2C[C@@H]3N(C(=O)O)C2)OC1(C)C. The Kier molecular flexibility index (Phi) is 3.22. The number of hydrogen-bond donors (Lipinski definition) is 1. The first-order valence-electron chi connectivity index (χ1n) is 8.34. The predicted octanol–water partition coefficient (Wildman–Crippen LogP) is 2.17. The van der Waals surface area contributed by atoms with E-state index in [2.05, 4.69) is 0 Å². The lowest BCUT2D eigenvalue weighted by Crippen LogP contribution is -2.41. The van der Waals surface area contributed by atoms with Crippen LogP contribution in [0, 0.1) is 0 Å². The van der Waals surface area contributed by atoms with E-state index in [-0.39, 0.29) is 12.1 Å². The Hall–Kier alpha value is -1.73. The van der Waals surface area contributed by atoms with Gasteiger partial charge in [0.1, 0.15) is 11.9 Å². The Morgan fingerprint density at radius 2 is 1.92 bits per heavy atom. The van der Waals surface area contributed by atoms with Gasteiger partial charge in [0.05, 0.1) is 23.8 Å². The molecule has 3 heterocycles. The van der Waals surface area contributed by atoms with E-state index in [1.807, 2.05) is 45.9 Å². The largest absolute Gasteiger partial charge is 0.498 e. The van der Waals surface area contributed by atoms with Crippen molar-refractivity contribution in [2.24, 2.45) is 0 Å². The zero-order valence-corrected chi connectivity index (χ0v) is 14.4. The summed E-state index contributed by atoms with van der Waals surface area (Å²) < 4.78 is 18.4. The van der Waals surface area contributed by atoms with Crippen molar-refractivity contribution in [3.05, 3.63) is 23.8 Å². The van der Waals surface area contributed by atoms with Gasteiger partial charge in [-0.3, -0.25) is 4.90 Å². The topological polar surface area (TPSA) is 68.2 Å². The maximum absolute atomic E-state index is 11.5. The van der Waals surface area contributed by atoms with Crippen LogP contribution in [-0.2, 0) is 9.31 Å². The van der Waals surface area contributed by atoms with Crippen LogP contribution in [-0.4, -0.2) is 47.1 Å². The van der Waals surface area contributed by atoms with Crippen LogP contribution in [0.1, 0.15) is 45.7 Å². The Balaban J connectivity index is 1.73. The van der Waals surface area contributed by atoms with Crippen LogP contribution in [0.5, 0.6) is 5.75 Å². The lowest BCUT2D eigenvalue weighted by Gasteiger charge is -2.32. The normalized spacial score (nSPS) is 29.3. The molecule has 2 bridgehead atoms. The van der Waals surface area contributed by atoms with Crippen molar-refractivity contribution in [3.63, 3.8) is 0 Å². The molecule has 1 N–H and O–H groups in total. The van der Waals surface area contributed by atoms with Gasteiger partial charge in [-0.2, -0.15) is 0 Å². The second kappa shape index (κ2) is 4.89. The Morgan fingerprint density at radius 1 is 1.25 bits per heavy atom. The molecule has 0 radical (unpaired) electrons. The minimum absolute atomic E-state index is 0.109. The zero-order chi connectivity index (χ0) is 17.3. The van der Waals surface area contributed by atoms with Crippen LogP contribution in [0.15, 0.2) is 18.2 Å². The van der Waals surface area contributed by atoms with E-state index in [4.69, 9.17) is 14.0 Å². The number of para-hydroxylation sites is 1. The molecule has 0 unspecified atom stereocenters. The first-order chi connectivity index (χ1) is 11.2. The summed E-state index contributed by atoms with van der Waals surface area (Å²) in [6.07, 6.45) is -0.311. The van der Waals surface area contributed by atoms with E-state index in [0.717, 1.165) is 16.8 Å². The number of amides is 1. The van der Waals surface area contributed by atoms with Crippen LogP contribution < -0.4 is 10.2 Å². The standard InChI is InChI=1S/C17H22BNO5/c1-16(2)17(3,4)24-18(23-16)12-7-5-6-11-13-8-10(22-14(11)12)9-19(13)15(20)21/h5-7,10,13H,8-9H2,1-4H3,(H,20,21)/t10-,13-/m0/s1. The molecule has 7 heteroatoms. The van der Waals surface area contributed by atoms with E-state index in [9.17, 15) is 9.90 Å². The van der Waals surface area contributed by atoms with Crippen LogP contribution in [0.25, 0.3) is 0 Å². The molecule has 128 valence electrons. The first kappa shape index (κ1) is 15.8. The summed E-state index contributed by atoms with van der Waals surface area (Å²) >= 11 is 0. The minimum Gasteiger partial charge on any atom is -0.488 e. The summed E-state index contributed by atoms with van der Waals surface area (Å²) in [4.78, 5) is 12.9. The van der Waals surface area contributed by atoms with Gasteiger partial charge >= 0.3 is 13.2 Å². The molecule has 0 aromatic heterocycles. The molecule has 1 aromatic rings. The van der Waals surface area contributed by atoms with Gasteiger partial charge in [-0.1, -0.05) is 18.2 Å². The molecule has 0 spiro atoms. The van der Waals surface area contributed by atoms with Crippen molar-refractivity contribution in [1.82, 2.24) is 4.90 Å². The number of benzene rings is 1. The van der Waals surface area contributed by atoms with Gasteiger partial charge < -0.3 is 19.2 Å². The summed E-state index contributed by atoms with van der Waals surface area (Å²) in [5.74, 6) is 0.723. The number of hydrogen-bond acceptors (Lipinski definition) is 4. The van der Waals surface area contributed by atoms with E-state index >= 15 is 0 Å². The number of ether oxygens (including phenoxy) is 1. The summed E-state index contributed by atoms with van der Waals surface area (Å²) in [7, 11) is -0.513. The average Bonchev–Trinajstić information content (AvgIpc) is 2.93. The molecule has 2 saturated heterocycles. The fourth-order valence-corrected chi connectivity index (χ4v) is 3.68. The molecule has 0 aliphatic carbocycles. The fraction of sp³-hybridized carbons (Fsp3) is 0.588. The summed E-state index contributed by atoms with van der Waals surface area (Å²) in [6.45, 7) is 8.45. The van der Waals surface area contributed by atoms with Gasteiger partial charge in [0.15, 0.2) is 0 Å². The fourth-order valence-electron chi connectivity index (χ4n) is 3.68. The molecule has 2 atom stereocenters. The summed E-state index contributed by atoms with van der Waals surface area (Å²) in [6, 6.07) is 5.64. The van der Waals surface area contributed by atoms with E-state index in [0.29, 0.717) is 13.0 Å². The van der Waals surface area contributed by atoms with Crippen molar-refractivity contribution in [2.75, 3.05) is 6.54 Å². The maximum atomic E-state index is 11.5. The molecule has 4 rings (SSSR count). The van der Waals surface area contributed by atoms with Gasteiger partial charge in [-0.05, 0) is 27.7 Å². The van der Waals surface area contributed by atoms with Crippen molar-refractivity contribution < 1.29 is 23.9 Å². The third kappa shape index (κ3) is 2.14. The maximum Gasteiger partial charge on any atom is 0.498 e. The number of rotatable bonds is 1. The predicted molar refractivity (Wildman–Crippen MR) is 88.7 cm³/mol. The lowest BCUT2D eigenvalue weighted by atomic mass is 9.76. The second-order valence-corrected chi connectivity index (χ2v) is 7.78. The van der Waals surface area contributed by atoms with E-state index in [1.165, 1.54) is 4.90 Å². The molecule has 0 saturated carbocycles. The van der Waals surface area contributed by atoms with Crippen molar-refractivity contribution in [3.8, 4) is 5.75 Å². The third-order valence-corrected chi connectivity index (χ3v) is 5.74. The number of carboxylic acid groups (broad SMARTS) is 1. The Labute approximate surface area is 141 Å². The Bertz CT molecular complexity index is 688. The highest BCUT2D eigenvalue weighted by molar-refractivity contribution is 6.63. The quantitative estimate of drug-likeness (QED) is 0.799. The minimum atomic E-state index is -0.903. The van der Waals surface area contributed by atoms with Crippen molar-refractivity contribution in [1.29, 1.82) is 0 Å². The molecule has 2 fully saturated rings. The molecule has 1 amide bonds. The molecular formula is C17H22BNO5. The van der Waals surface area contributed by atoms with Gasteiger partial charge in [0.2, 0.25) is 0 Å². The molecule has 24 heavy (non-hydrogen) atoms. The summed E-state index contributed by atoms with van der Waals surface area (Å²) in [5.41, 5.74) is 0.883. The van der Waals surface area contributed by atoms with Gasteiger partial charge in [0.25, 0.3) is 0 Å². The highest BCUT2D eigenvalue weighted by Gasteiger charge is 2.53. The van der Waals surface area contributed by atoms with Crippen molar-refractivity contribution in [2.45, 2.75) is 57.5 Å². The Morgan fingerprint density at radius 3 is 2.54 bits per heavy atom. The lowest BCUT2D eigenvalue weighted by molar-refractivity contribution is 0.00578. The molecular weight excluding hydrogens is 309 g/mol. The number of nitrogens with zero attached hydrogens (tertiary/aromatic N) is 1. The van der Waals surface area contributed by atoms with Crippen LogP contribution in [0.4, 0.5) is 4.79 Å². The molecule has 3 aliphatic heterocycles. The number of likely N-dealkylation sites (tertiary alicyclic amines) is 1. The second-order valence-electron chi connectivity index (χ2n) is 7.78. The monoisotopic (exact) mass is 331 g/mol. The van der Waals surface area contributed by atoms with Gasteiger partial charge in [-0.15, -0.1) is 0 Å². The van der Waals surface area contributed by atoms with Crippen LogP contribution in [0.3, 0.4) is 0 Å². The molecule has 6 nitrogen and oxygen atoms in total. The van der Waals surface area contributed by atoms with Crippen molar-refractivity contribution >= 4 is 18.7 Å². The van der Waals surface area contributed by atoms with Gasteiger partial charge in [0, 0.05) is 17.4 Å². The van der Waals surface area contributed by atoms with Crippen LogP contribution >= 0.6 is 0 Å². The smallest absolute Gasteiger partial charge is 0.488 e. The zero-order valence-electron chi connectivity index (χ0n) is 14.4. The molecule has 3 aliphatic rings. The summed E-state index contributed by atoms with van der Waals surface area (Å²) in [5, 5.41) is 9.42. The highest BCUT2D eigenvalue weighted by Crippen LogP contribution is 2.44.